The molecule has 0 unspecified atom stereocenters. The summed E-state index contributed by atoms with van der Waals surface area (Å²) in [5.74, 6) is 1.14. The Hall–Kier alpha value is -4.05. The topological polar surface area (TPSA) is 98.1 Å². The van der Waals surface area contributed by atoms with Crippen LogP contribution in [-0.2, 0) is 11.8 Å². The van der Waals surface area contributed by atoms with Gasteiger partial charge in [0.1, 0.15) is 17.9 Å². The first-order valence-electron chi connectivity index (χ1n) is 10.9. The van der Waals surface area contributed by atoms with Crippen molar-refractivity contribution in [2.24, 2.45) is 7.05 Å². The molecule has 1 fully saturated rings. The molecule has 0 radical (unpaired) electrons. The molecule has 1 N–H and O–H groups in total. The van der Waals surface area contributed by atoms with Crippen molar-refractivity contribution < 1.29 is 9.53 Å². The average molecular weight is 472 g/mol. The Balaban J connectivity index is 1.42. The second-order valence-corrected chi connectivity index (χ2v) is 9.06. The molecule has 1 amide bonds. The molecule has 0 spiro atoms. The number of carbonyl (C=O) groups is 1. The lowest BCUT2D eigenvalue weighted by Crippen LogP contribution is -2.44. The molecule has 10 heteroatoms. The van der Waals surface area contributed by atoms with E-state index in [0.717, 1.165) is 51.9 Å². The van der Waals surface area contributed by atoms with Crippen LogP contribution in [0, 0.1) is 0 Å². The van der Waals surface area contributed by atoms with Crippen molar-refractivity contribution in [2.75, 3.05) is 25.0 Å². The van der Waals surface area contributed by atoms with Gasteiger partial charge in [0.15, 0.2) is 6.61 Å². The first-order chi connectivity index (χ1) is 16.6. The molecule has 0 bridgehead atoms. The van der Waals surface area contributed by atoms with Gasteiger partial charge in [0.2, 0.25) is 0 Å². The van der Waals surface area contributed by atoms with Gasteiger partial charge < -0.3 is 15.0 Å². The minimum absolute atomic E-state index is 0.0202. The number of amides is 1. The predicted octanol–water partition coefficient (Wildman–Crippen LogP) is 3.99. The Morgan fingerprint density at radius 1 is 1.12 bits per heavy atom. The van der Waals surface area contributed by atoms with Crippen LogP contribution in [0.3, 0.4) is 0 Å². The van der Waals surface area contributed by atoms with Crippen LogP contribution in [0.5, 0.6) is 5.75 Å². The summed E-state index contributed by atoms with van der Waals surface area (Å²) in [6.07, 6.45) is 6.29. The summed E-state index contributed by atoms with van der Waals surface area (Å²) >= 11 is 1.58. The van der Waals surface area contributed by atoms with Gasteiger partial charge in [-0.2, -0.15) is 5.10 Å². The molecule has 5 aromatic rings. The fraction of sp³-hybridized carbons (Fsp3) is 0.208. The number of hydrogen-bond donors (Lipinski definition) is 1. The Kier molecular flexibility index (Phi) is 5.06. The number of carbonyl (C=O) groups excluding carboxylic acids is 1. The third kappa shape index (κ3) is 3.81. The smallest absolute Gasteiger partial charge is 0.260 e. The third-order valence-electron chi connectivity index (χ3n) is 5.89. The Labute approximate surface area is 199 Å². The SMILES string of the molecule is Cn1cc(-c2cc(OCC(=O)N3CCC3)c3c(Nc4ccc5ncsc5c4)ncnc3c2)cn1. The van der Waals surface area contributed by atoms with E-state index >= 15 is 0 Å². The van der Waals surface area contributed by atoms with E-state index in [9.17, 15) is 4.79 Å². The number of thiazole rings is 1. The second-order valence-electron chi connectivity index (χ2n) is 8.18. The highest BCUT2D eigenvalue weighted by molar-refractivity contribution is 7.16. The van der Waals surface area contributed by atoms with Crippen molar-refractivity contribution in [1.29, 1.82) is 0 Å². The van der Waals surface area contributed by atoms with E-state index in [4.69, 9.17) is 4.74 Å². The van der Waals surface area contributed by atoms with Crippen LogP contribution in [0.15, 0.2) is 54.6 Å². The first-order valence-corrected chi connectivity index (χ1v) is 11.8. The minimum Gasteiger partial charge on any atom is -0.483 e. The molecule has 2 aromatic carbocycles. The summed E-state index contributed by atoms with van der Waals surface area (Å²) in [6.45, 7) is 1.54. The second kappa shape index (κ2) is 8.38. The van der Waals surface area contributed by atoms with Crippen molar-refractivity contribution in [3.63, 3.8) is 0 Å². The summed E-state index contributed by atoms with van der Waals surface area (Å²) in [5, 5.41) is 8.40. The summed E-state index contributed by atoms with van der Waals surface area (Å²) in [4.78, 5) is 27.6. The number of rotatable bonds is 6. The lowest BCUT2D eigenvalue weighted by molar-refractivity contribution is -0.136. The zero-order valence-electron chi connectivity index (χ0n) is 18.4. The molecule has 1 aliphatic rings. The van der Waals surface area contributed by atoms with E-state index in [1.165, 1.54) is 6.33 Å². The number of hydrogen-bond acceptors (Lipinski definition) is 8. The number of nitrogens with zero attached hydrogens (tertiary/aromatic N) is 6. The molecule has 4 heterocycles. The van der Waals surface area contributed by atoms with Gasteiger partial charge in [0, 0.05) is 37.6 Å². The zero-order valence-corrected chi connectivity index (χ0v) is 19.2. The van der Waals surface area contributed by atoms with Crippen LogP contribution in [0.2, 0.25) is 0 Å². The van der Waals surface area contributed by atoms with E-state index in [0.29, 0.717) is 17.1 Å². The number of likely N-dealkylation sites (tertiary alicyclic amines) is 1. The Morgan fingerprint density at radius 2 is 2.03 bits per heavy atom. The van der Waals surface area contributed by atoms with Crippen LogP contribution in [0.4, 0.5) is 11.5 Å². The molecule has 34 heavy (non-hydrogen) atoms. The summed E-state index contributed by atoms with van der Waals surface area (Å²) in [7, 11) is 1.87. The lowest BCUT2D eigenvalue weighted by atomic mass is 10.1. The van der Waals surface area contributed by atoms with Crippen molar-refractivity contribution in [1.82, 2.24) is 29.6 Å². The Bertz CT molecular complexity index is 1520. The van der Waals surface area contributed by atoms with Gasteiger partial charge in [0.05, 0.1) is 32.8 Å². The predicted molar refractivity (Wildman–Crippen MR) is 131 cm³/mol. The van der Waals surface area contributed by atoms with Gasteiger partial charge in [-0.15, -0.1) is 11.3 Å². The van der Waals surface area contributed by atoms with Crippen molar-refractivity contribution >= 4 is 49.9 Å². The monoisotopic (exact) mass is 471 g/mol. The van der Waals surface area contributed by atoms with E-state index in [1.807, 2.05) is 49.1 Å². The summed E-state index contributed by atoms with van der Waals surface area (Å²) < 4.78 is 8.93. The molecule has 0 aliphatic carbocycles. The van der Waals surface area contributed by atoms with Gasteiger partial charge >= 0.3 is 0 Å². The number of ether oxygens (including phenoxy) is 1. The highest BCUT2D eigenvalue weighted by Gasteiger charge is 2.22. The van der Waals surface area contributed by atoms with Gasteiger partial charge in [-0.25, -0.2) is 15.0 Å². The number of nitrogens with one attached hydrogen (secondary N) is 1. The van der Waals surface area contributed by atoms with E-state index in [-0.39, 0.29) is 12.5 Å². The van der Waals surface area contributed by atoms with Gasteiger partial charge in [0.25, 0.3) is 5.91 Å². The highest BCUT2D eigenvalue weighted by Crippen LogP contribution is 2.36. The maximum Gasteiger partial charge on any atom is 0.260 e. The largest absolute Gasteiger partial charge is 0.483 e. The number of aromatic nitrogens is 5. The fourth-order valence-corrected chi connectivity index (χ4v) is 4.68. The van der Waals surface area contributed by atoms with E-state index < -0.39 is 0 Å². The summed E-state index contributed by atoms with van der Waals surface area (Å²) in [5.41, 5.74) is 6.22. The lowest BCUT2D eigenvalue weighted by Gasteiger charge is -2.30. The first kappa shape index (κ1) is 20.5. The normalized spacial score (nSPS) is 13.3. The van der Waals surface area contributed by atoms with Gasteiger partial charge in [-0.3, -0.25) is 9.48 Å². The van der Waals surface area contributed by atoms with Crippen LogP contribution in [0.25, 0.3) is 32.2 Å². The molecule has 0 atom stereocenters. The van der Waals surface area contributed by atoms with Crippen LogP contribution >= 0.6 is 11.3 Å². The van der Waals surface area contributed by atoms with E-state index in [1.54, 1.807) is 27.1 Å². The number of anilines is 2. The zero-order chi connectivity index (χ0) is 23.1. The number of benzene rings is 2. The maximum absolute atomic E-state index is 12.5. The van der Waals surface area contributed by atoms with Crippen LogP contribution in [0.1, 0.15) is 6.42 Å². The molecule has 1 aliphatic heterocycles. The van der Waals surface area contributed by atoms with Crippen LogP contribution in [-0.4, -0.2) is 55.2 Å². The van der Waals surface area contributed by atoms with Crippen molar-refractivity contribution in [3.8, 4) is 16.9 Å². The third-order valence-corrected chi connectivity index (χ3v) is 6.69. The standard InChI is InChI=1S/C24H21N7O2S/c1-30-11-16(10-28-30)15-7-19-23(20(8-15)33-12-22(32)31-5-2-6-31)24(26-13-25-19)29-17-3-4-18-21(9-17)34-14-27-18/h3-4,7-11,13-14H,2,5-6,12H2,1H3,(H,25,26,29). The highest BCUT2D eigenvalue weighted by atomic mass is 32.1. The average Bonchev–Trinajstić information content (AvgIpc) is 3.44. The van der Waals surface area contributed by atoms with Gasteiger partial charge in [-0.1, -0.05) is 0 Å². The van der Waals surface area contributed by atoms with E-state index in [2.05, 4.69) is 25.4 Å². The molecular weight excluding hydrogens is 450 g/mol. The van der Waals surface area contributed by atoms with Crippen molar-refractivity contribution in [2.45, 2.75) is 6.42 Å². The molecule has 3 aromatic heterocycles. The molecule has 9 nitrogen and oxygen atoms in total. The van der Waals surface area contributed by atoms with Crippen molar-refractivity contribution in [3.05, 3.63) is 54.6 Å². The maximum atomic E-state index is 12.5. The molecule has 0 saturated carbocycles. The fourth-order valence-electron chi connectivity index (χ4n) is 3.97. The molecular formula is C24H21N7O2S. The summed E-state index contributed by atoms with van der Waals surface area (Å²) in [6, 6.07) is 9.88. The number of aryl methyl sites for hydroxylation is 1. The number of fused-ring (bicyclic) bond motifs is 2. The van der Waals surface area contributed by atoms with Crippen LogP contribution < -0.4 is 10.1 Å². The molecule has 170 valence electrons. The minimum atomic E-state index is -0.0350. The van der Waals surface area contributed by atoms with Gasteiger partial charge in [-0.05, 0) is 42.3 Å². The molecule has 6 rings (SSSR count). The quantitative estimate of drug-likeness (QED) is 0.400. The Morgan fingerprint density at radius 3 is 2.82 bits per heavy atom. The molecule has 1 saturated heterocycles.